The van der Waals surface area contributed by atoms with Gasteiger partial charge in [0.05, 0.1) is 11.5 Å². The summed E-state index contributed by atoms with van der Waals surface area (Å²) in [7, 11) is 0. The summed E-state index contributed by atoms with van der Waals surface area (Å²) in [6.45, 7) is -0.717. The third kappa shape index (κ3) is 2.95. The zero-order valence-electron chi connectivity index (χ0n) is 9.17. The van der Waals surface area contributed by atoms with E-state index in [1.54, 1.807) is 0 Å². The van der Waals surface area contributed by atoms with Crippen LogP contribution < -0.4 is 4.90 Å². The van der Waals surface area contributed by atoms with Crippen LogP contribution in [0.3, 0.4) is 0 Å². The maximum atomic E-state index is 13.4. The maximum absolute atomic E-state index is 13.4. The smallest absolute Gasteiger partial charge is 0.327 e. The van der Waals surface area contributed by atoms with Crippen LogP contribution in [0, 0.1) is 28.3 Å². The number of nitro benzene ring substituents is 1. The van der Waals surface area contributed by atoms with Crippen molar-refractivity contribution in [2.24, 2.45) is 0 Å². The van der Waals surface area contributed by atoms with E-state index in [2.05, 4.69) is 5.92 Å². The van der Waals surface area contributed by atoms with Gasteiger partial charge in [-0.05, 0) is 12.1 Å². The molecule has 0 unspecified atom stereocenters. The van der Waals surface area contributed by atoms with Crippen LogP contribution >= 0.6 is 0 Å². The van der Waals surface area contributed by atoms with Crippen molar-refractivity contribution in [3.63, 3.8) is 0 Å². The largest absolute Gasteiger partial charge is 0.480 e. The predicted molar refractivity (Wildman–Crippen MR) is 61.7 cm³/mol. The molecular weight excluding hydrogens is 243 g/mol. The first-order valence-corrected chi connectivity index (χ1v) is 4.80. The SMILES string of the molecule is C#CCN(CC(=O)O)c1cccc(F)c1[N+](=O)[O-]. The number of rotatable bonds is 5. The van der Waals surface area contributed by atoms with Crippen LogP contribution in [0.25, 0.3) is 0 Å². The minimum absolute atomic E-state index is 0.152. The lowest BCUT2D eigenvalue weighted by atomic mass is 10.2. The number of benzene rings is 1. The van der Waals surface area contributed by atoms with Crippen molar-refractivity contribution in [3.05, 3.63) is 34.1 Å². The van der Waals surface area contributed by atoms with E-state index in [1.807, 2.05) is 0 Å². The highest BCUT2D eigenvalue weighted by molar-refractivity contribution is 5.76. The van der Waals surface area contributed by atoms with Gasteiger partial charge in [0.1, 0.15) is 12.2 Å². The molecular formula is C11H9FN2O4. The Hall–Kier alpha value is -2.62. The van der Waals surface area contributed by atoms with E-state index in [1.165, 1.54) is 12.1 Å². The monoisotopic (exact) mass is 252 g/mol. The number of terminal acetylenes is 1. The highest BCUT2D eigenvalue weighted by atomic mass is 19.1. The fourth-order valence-corrected chi connectivity index (χ4v) is 1.44. The second kappa shape index (κ2) is 5.63. The molecule has 0 heterocycles. The molecule has 0 aliphatic heterocycles. The van der Waals surface area contributed by atoms with Gasteiger partial charge in [0.15, 0.2) is 0 Å². The standard InChI is InChI=1S/C11H9FN2O4/c1-2-6-13(7-10(15)16)9-5-3-4-8(12)11(9)14(17)18/h1,3-5H,6-7H2,(H,15,16). The molecule has 1 aromatic carbocycles. The highest BCUT2D eigenvalue weighted by Gasteiger charge is 2.24. The fourth-order valence-electron chi connectivity index (χ4n) is 1.44. The van der Waals surface area contributed by atoms with E-state index in [0.717, 1.165) is 11.0 Å². The van der Waals surface area contributed by atoms with Gasteiger partial charge in [-0.3, -0.25) is 14.9 Å². The lowest BCUT2D eigenvalue weighted by Crippen LogP contribution is -2.30. The molecule has 1 aromatic rings. The van der Waals surface area contributed by atoms with Gasteiger partial charge in [-0.1, -0.05) is 12.0 Å². The van der Waals surface area contributed by atoms with E-state index < -0.39 is 28.9 Å². The molecule has 0 aromatic heterocycles. The van der Waals surface area contributed by atoms with Crippen LogP contribution in [-0.4, -0.2) is 29.1 Å². The van der Waals surface area contributed by atoms with Gasteiger partial charge in [0.25, 0.3) is 0 Å². The predicted octanol–water partition coefficient (Wildman–Crippen LogP) is 1.26. The van der Waals surface area contributed by atoms with Gasteiger partial charge >= 0.3 is 11.7 Å². The molecule has 18 heavy (non-hydrogen) atoms. The molecule has 0 aliphatic rings. The summed E-state index contributed by atoms with van der Waals surface area (Å²) in [5, 5.41) is 19.5. The summed E-state index contributed by atoms with van der Waals surface area (Å²) in [5.41, 5.74) is -0.936. The Bertz CT molecular complexity index is 524. The van der Waals surface area contributed by atoms with Gasteiger partial charge in [-0.25, -0.2) is 0 Å². The number of anilines is 1. The third-order valence-electron chi connectivity index (χ3n) is 2.10. The number of aliphatic carboxylic acids is 1. The van der Waals surface area contributed by atoms with Crippen molar-refractivity contribution in [3.8, 4) is 12.3 Å². The highest BCUT2D eigenvalue weighted by Crippen LogP contribution is 2.30. The van der Waals surface area contributed by atoms with Crippen LogP contribution in [0.5, 0.6) is 0 Å². The molecule has 0 saturated carbocycles. The van der Waals surface area contributed by atoms with Gasteiger partial charge < -0.3 is 10.0 Å². The topological polar surface area (TPSA) is 83.7 Å². The number of halogens is 1. The van der Waals surface area contributed by atoms with E-state index in [-0.39, 0.29) is 12.2 Å². The lowest BCUT2D eigenvalue weighted by molar-refractivity contribution is -0.386. The van der Waals surface area contributed by atoms with Gasteiger partial charge in [-0.15, -0.1) is 6.42 Å². The summed E-state index contributed by atoms with van der Waals surface area (Å²) in [4.78, 5) is 21.6. The first-order valence-electron chi connectivity index (χ1n) is 4.80. The number of hydrogen-bond donors (Lipinski definition) is 1. The molecule has 6 nitrogen and oxygen atoms in total. The Morgan fingerprint density at radius 3 is 2.78 bits per heavy atom. The van der Waals surface area contributed by atoms with Crippen molar-refractivity contribution in [2.45, 2.75) is 0 Å². The number of carboxylic acids is 1. The van der Waals surface area contributed by atoms with Crippen LogP contribution in [0.4, 0.5) is 15.8 Å². The second-order valence-electron chi connectivity index (χ2n) is 3.32. The molecule has 0 fully saturated rings. The summed E-state index contributed by atoms with van der Waals surface area (Å²) in [6, 6.07) is 3.43. The van der Waals surface area contributed by atoms with Crippen molar-refractivity contribution in [1.29, 1.82) is 0 Å². The van der Waals surface area contributed by atoms with E-state index >= 15 is 0 Å². The van der Waals surface area contributed by atoms with Gasteiger partial charge in [0.2, 0.25) is 5.82 Å². The summed E-state index contributed by atoms with van der Waals surface area (Å²) < 4.78 is 13.4. The van der Waals surface area contributed by atoms with Crippen molar-refractivity contribution in [1.82, 2.24) is 0 Å². The average Bonchev–Trinajstić information content (AvgIpc) is 2.27. The molecule has 7 heteroatoms. The minimum Gasteiger partial charge on any atom is -0.480 e. The zero-order chi connectivity index (χ0) is 13.7. The molecule has 0 aliphatic carbocycles. The van der Waals surface area contributed by atoms with Crippen molar-refractivity contribution < 1.29 is 19.2 Å². The average molecular weight is 252 g/mol. The van der Waals surface area contributed by atoms with Gasteiger partial charge in [0, 0.05) is 0 Å². The molecule has 1 N–H and O–H groups in total. The Kier molecular flexibility index (Phi) is 4.21. The van der Waals surface area contributed by atoms with E-state index in [0.29, 0.717) is 0 Å². The molecule has 0 saturated heterocycles. The van der Waals surface area contributed by atoms with Crippen molar-refractivity contribution in [2.75, 3.05) is 18.0 Å². The molecule has 0 bridgehead atoms. The summed E-state index contributed by atoms with van der Waals surface area (Å²) >= 11 is 0. The molecule has 94 valence electrons. The number of carboxylic acid groups (broad SMARTS) is 1. The number of hydrogen-bond acceptors (Lipinski definition) is 4. The number of carbonyl (C=O) groups is 1. The van der Waals surface area contributed by atoms with Crippen LogP contribution in [0.15, 0.2) is 18.2 Å². The molecule has 0 atom stereocenters. The van der Waals surface area contributed by atoms with Crippen LogP contribution in [0.2, 0.25) is 0 Å². The fraction of sp³-hybridized carbons (Fsp3) is 0.182. The normalized spacial score (nSPS) is 9.56. The third-order valence-corrected chi connectivity index (χ3v) is 2.10. The van der Waals surface area contributed by atoms with Crippen LogP contribution in [0.1, 0.15) is 0 Å². The molecule has 1 rings (SSSR count). The quantitative estimate of drug-likeness (QED) is 0.484. The maximum Gasteiger partial charge on any atom is 0.327 e. The molecule has 0 amide bonds. The zero-order valence-corrected chi connectivity index (χ0v) is 9.17. The Balaban J connectivity index is 3.27. The van der Waals surface area contributed by atoms with Crippen LogP contribution in [-0.2, 0) is 4.79 Å². The molecule has 0 spiro atoms. The van der Waals surface area contributed by atoms with Crippen molar-refractivity contribution >= 4 is 17.3 Å². The minimum atomic E-state index is -1.22. The second-order valence-corrected chi connectivity index (χ2v) is 3.32. The summed E-state index contributed by atoms with van der Waals surface area (Å²) in [6.07, 6.45) is 5.06. The Morgan fingerprint density at radius 2 is 2.28 bits per heavy atom. The first kappa shape index (κ1) is 13.4. The first-order chi connectivity index (χ1) is 8.47. The lowest BCUT2D eigenvalue weighted by Gasteiger charge is -2.19. The Labute approximate surface area is 102 Å². The summed E-state index contributed by atoms with van der Waals surface area (Å²) in [5.74, 6) is -0.0810. The van der Waals surface area contributed by atoms with E-state index in [4.69, 9.17) is 11.5 Å². The number of para-hydroxylation sites is 1. The van der Waals surface area contributed by atoms with E-state index in [9.17, 15) is 19.3 Å². The molecule has 0 radical (unpaired) electrons. The van der Waals surface area contributed by atoms with Gasteiger partial charge in [-0.2, -0.15) is 4.39 Å². The Morgan fingerprint density at radius 1 is 1.61 bits per heavy atom. The number of nitrogens with zero attached hydrogens (tertiary/aromatic N) is 2. The number of nitro groups is 1.